The third kappa shape index (κ3) is 4.40. The minimum absolute atomic E-state index is 0.185. The van der Waals surface area contributed by atoms with Crippen LogP contribution in [0.15, 0.2) is 27.2 Å². The molecule has 1 fully saturated rings. The zero-order chi connectivity index (χ0) is 19.4. The highest BCUT2D eigenvalue weighted by molar-refractivity contribution is 7.13. The number of aliphatic hydroxyl groups excluding tert-OH is 2. The highest BCUT2D eigenvalue weighted by atomic mass is 32.1. The van der Waals surface area contributed by atoms with E-state index in [2.05, 4.69) is 11.9 Å². The van der Waals surface area contributed by atoms with Crippen LogP contribution in [0, 0.1) is 0 Å². The number of aromatic amines is 1. The summed E-state index contributed by atoms with van der Waals surface area (Å²) in [6.45, 7) is 1.84. The molecule has 0 aromatic carbocycles. The van der Waals surface area contributed by atoms with E-state index in [1.165, 1.54) is 34.9 Å². The van der Waals surface area contributed by atoms with E-state index in [4.69, 9.17) is 4.74 Å². The first-order valence-electron chi connectivity index (χ1n) is 9.41. The summed E-state index contributed by atoms with van der Waals surface area (Å²) in [6.07, 6.45) is 4.87. The maximum absolute atomic E-state index is 12.4. The average molecular weight is 394 g/mol. The van der Waals surface area contributed by atoms with Crippen LogP contribution in [0.5, 0.6) is 0 Å². The molecule has 27 heavy (non-hydrogen) atoms. The van der Waals surface area contributed by atoms with Gasteiger partial charge in [0.05, 0.1) is 18.3 Å². The monoisotopic (exact) mass is 394 g/mol. The lowest BCUT2D eigenvalue weighted by Gasteiger charge is -2.15. The second-order valence-corrected chi connectivity index (χ2v) is 7.83. The number of aromatic nitrogens is 2. The molecular formula is C19H26N2O5S. The first kappa shape index (κ1) is 20.0. The molecule has 1 aliphatic rings. The van der Waals surface area contributed by atoms with E-state index in [0.29, 0.717) is 5.56 Å². The molecule has 148 valence electrons. The topological polar surface area (TPSA) is 105 Å². The molecule has 8 heteroatoms. The molecule has 0 unspecified atom stereocenters. The Labute approximate surface area is 161 Å². The molecule has 0 amide bonds. The van der Waals surface area contributed by atoms with Crippen LogP contribution in [0.25, 0.3) is 10.4 Å². The molecule has 1 saturated heterocycles. The second-order valence-electron chi connectivity index (χ2n) is 6.91. The zero-order valence-corrected chi connectivity index (χ0v) is 16.2. The maximum atomic E-state index is 12.4. The number of unbranched alkanes of at least 4 members (excludes halogenated alkanes) is 3. The number of hydrogen-bond donors (Lipinski definition) is 3. The Hall–Kier alpha value is -1.74. The fourth-order valence-corrected chi connectivity index (χ4v) is 4.38. The third-order valence-electron chi connectivity index (χ3n) is 4.95. The predicted octanol–water partition coefficient (Wildman–Crippen LogP) is 2.03. The molecule has 0 radical (unpaired) electrons. The second kappa shape index (κ2) is 8.97. The largest absolute Gasteiger partial charge is 0.394 e. The molecule has 0 saturated carbocycles. The van der Waals surface area contributed by atoms with Crippen LogP contribution in [0.3, 0.4) is 0 Å². The molecule has 3 N–H and O–H groups in total. The normalized spacial score (nSPS) is 22.4. The Balaban J connectivity index is 1.89. The first-order chi connectivity index (χ1) is 13.0. The van der Waals surface area contributed by atoms with Gasteiger partial charge in [0.15, 0.2) is 0 Å². The Morgan fingerprint density at radius 2 is 2.15 bits per heavy atom. The van der Waals surface area contributed by atoms with Crippen LogP contribution in [0.4, 0.5) is 0 Å². The minimum atomic E-state index is -0.849. The van der Waals surface area contributed by atoms with Crippen molar-refractivity contribution in [2.45, 2.75) is 63.9 Å². The molecular weight excluding hydrogens is 368 g/mol. The van der Waals surface area contributed by atoms with Crippen LogP contribution in [-0.2, 0) is 11.2 Å². The van der Waals surface area contributed by atoms with Crippen molar-refractivity contribution in [2.24, 2.45) is 0 Å². The molecule has 0 bridgehead atoms. The number of nitrogens with zero attached hydrogens (tertiary/aromatic N) is 1. The number of rotatable bonds is 8. The molecule has 1 aliphatic heterocycles. The lowest BCUT2D eigenvalue weighted by molar-refractivity contribution is -0.0458. The van der Waals surface area contributed by atoms with Crippen LogP contribution in [0.1, 0.15) is 50.8 Å². The summed E-state index contributed by atoms with van der Waals surface area (Å²) in [7, 11) is 0. The van der Waals surface area contributed by atoms with Gasteiger partial charge in [0.2, 0.25) is 0 Å². The Kier molecular flexibility index (Phi) is 6.64. The quantitative estimate of drug-likeness (QED) is 0.594. The van der Waals surface area contributed by atoms with E-state index >= 15 is 0 Å². The van der Waals surface area contributed by atoms with E-state index in [1.807, 2.05) is 11.4 Å². The van der Waals surface area contributed by atoms with Crippen LogP contribution in [0.2, 0.25) is 0 Å². The minimum Gasteiger partial charge on any atom is -0.394 e. The summed E-state index contributed by atoms with van der Waals surface area (Å²) in [4.78, 5) is 27.9. The Morgan fingerprint density at radius 3 is 2.85 bits per heavy atom. The number of aliphatic hydroxyl groups is 2. The molecule has 2 aromatic heterocycles. The van der Waals surface area contributed by atoms with Gasteiger partial charge < -0.3 is 14.9 Å². The van der Waals surface area contributed by atoms with Gasteiger partial charge in [-0.15, -0.1) is 11.3 Å². The SMILES string of the molecule is CCCCCCc1ccsc1-c1cn([C@H]2C[C@H](O)[C@@H](CO)O2)c(=O)[nH]c1=O. The fourth-order valence-electron chi connectivity index (χ4n) is 3.42. The molecule has 3 atom stereocenters. The van der Waals surface area contributed by atoms with E-state index in [1.54, 1.807) is 0 Å². The van der Waals surface area contributed by atoms with Gasteiger partial charge in [-0.1, -0.05) is 26.2 Å². The highest BCUT2D eigenvalue weighted by Crippen LogP contribution is 2.31. The van der Waals surface area contributed by atoms with Crippen LogP contribution >= 0.6 is 11.3 Å². The van der Waals surface area contributed by atoms with Gasteiger partial charge in [0, 0.05) is 17.5 Å². The van der Waals surface area contributed by atoms with Crippen molar-refractivity contribution < 1.29 is 14.9 Å². The number of H-pyrrole nitrogens is 1. The first-order valence-corrected chi connectivity index (χ1v) is 10.3. The summed E-state index contributed by atoms with van der Waals surface area (Å²) in [6, 6.07) is 2.03. The number of aryl methyl sites for hydroxylation is 1. The maximum Gasteiger partial charge on any atom is 0.330 e. The van der Waals surface area contributed by atoms with Gasteiger partial charge in [-0.05, 0) is 29.9 Å². The molecule has 0 aliphatic carbocycles. The standard InChI is InChI=1S/C19H26N2O5S/c1-2-3-4-5-6-12-7-8-27-17(12)13-10-21(19(25)20-18(13)24)16-9-14(23)15(11-22)26-16/h7-8,10,14-16,22-23H,2-6,9,11H2,1H3,(H,20,24,25)/t14-,15+,16+/m0/s1. The highest BCUT2D eigenvalue weighted by Gasteiger charge is 2.35. The van der Waals surface area contributed by atoms with Crippen molar-refractivity contribution in [3.05, 3.63) is 44.0 Å². The van der Waals surface area contributed by atoms with Gasteiger partial charge in [0.25, 0.3) is 5.56 Å². The Morgan fingerprint density at radius 1 is 1.33 bits per heavy atom. The molecule has 7 nitrogen and oxygen atoms in total. The van der Waals surface area contributed by atoms with Crippen molar-refractivity contribution in [1.29, 1.82) is 0 Å². The number of nitrogens with one attached hydrogen (secondary N) is 1. The van der Waals surface area contributed by atoms with E-state index < -0.39 is 29.7 Å². The van der Waals surface area contributed by atoms with Gasteiger partial charge in [-0.3, -0.25) is 14.3 Å². The molecule has 3 heterocycles. The number of hydrogen-bond acceptors (Lipinski definition) is 6. The van der Waals surface area contributed by atoms with E-state index in [0.717, 1.165) is 29.7 Å². The summed E-state index contributed by atoms with van der Waals surface area (Å²) in [5.74, 6) is 0. The smallest absolute Gasteiger partial charge is 0.330 e. The van der Waals surface area contributed by atoms with Crippen molar-refractivity contribution >= 4 is 11.3 Å². The van der Waals surface area contributed by atoms with Gasteiger partial charge >= 0.3 is 5.69 Å². The summed E-state index contributed by atoms with van der Waals surface area (Å²) >= 11 is 1.48. The number of ether oxygens (including phenoxy) is 1. The number of thiophene rings is 1. The predicted molar refractivity (Wildman–Crippen MR) is 104 cm³/mol. The Bertz CT molecular complexity index is 871. The van der Waals surface area contributed by atoms with Gasteiger partial charge in [-0.2, -0.15) is 0 Å². The summed E-state index contributed by atoms with van der Waals surface area (Å²) in [5, 5.41) is 21.1. The zero-order valence-electron chi connectivity index (χ0n) is 15.4. The molecule has 3 rings (SSSR count). The fraction of sp³-hybridized carbons (Fsp3) is 0.579. The van der Waals surface area contributed by atoms with Gasteiger partial charge in [0.1, 0.15) is 12.3 Å². The molecule has 2 aromatic rings. The lowest BCUT2D eigenvalue weighted by Crippen LogP contribution is -2.33. The van der Waals surface area contributed by atoms with Crippen molar-refractivity contribution in [3.63, 3.8) is 0 Å². The van der Waals surface area contributed by atoms with Crippen molar-refractivity contribution in [1.82, 2.24) is 9.55 Å². The van der Waals surface area contributed by atoms with E-state index in [-0.39, 0.29) is 13.0 Å². The van der Waals surface area contributed by atoms with Crippen molar-refractivity contribution in [3.8, 4) is 10.4 Å². The van der Waals surface area contributed by atoms with Gasteiger partial charge in [-0.25, -0.2) is 4.79 Å². The lowest BCUT2D eigenvalue weighted by atomic mass is 10.0. The van der Waals surface area contributed by atoms with Crippen LogP contribution in [-0.4, -0.2) is 38.6 Å². The van der Waals surface area contributed by atoms with Crippen molar-refractivity contribution in [2.75, 3.05) is 6.61 Å². The summed E-state index contributed by atoms with van der Waals surface area (Å²) in [5.41, 5.74) is 0.527. The van der Waals surface area contributed by atoms with E-state index in [9.17, 15) is 19.8 Å². The molecule has 0 spiro atoms. The average Bonchev–Trinajstić information content (AvgIpc) is 3.25. The summed E-state index contributed by atoms with van der Waals surface area (Å²) < 4.78 is 6.87. The third-order valence-corrected chi connectivity index (χ3v) is 5.94. The van der Waals surface area contributed by atoms with Crippen LogP contribution < -0.4 is 11.2 Å².